The van der Waals surface area contributed by atoms with Gasteiger partial charge in [-0.05, 0) is 44.0 Å². The lowest BCUT2D eigenvalue weighted by molar-refractivity contribution is -0.139. The lowest BCUT2D eigenvalue weighted by atomic mass is 10.1. The maximum absolute atomic E-state index is 14.1. The summed E-state index contributed by atoms with van der Waals surface area (Å²) < 4.78 is 57.9. The normalized spacial score (nSPS) is 17.1. The van der Waals surface area contributed by atoms with E-state index in [0.717, 1.165) is 11.3 Å². The van der Waals surface area contributed by atoms with Crippen LogP contribution < -0.4 is 15.8 Å². The molecule has 1 atom stereocenters. The van der Waals surface area contributed by atoms with Crippen LogP contribution in [0.5, 0.6) is 5.75 Å². The summed E-state index contributed by atoms with van der Waals surface area (Å²) in [6.07, 6.45) is -2.83. The fourth-order valence-electron chi connectivity index (χ4n) is 4.00. The van der Waals surface area contributed by atoms with Crippen molar-refractivity contribution in [3.8, 4) is 5.75 Å². The highest BCUT2D eigenvalue weighted by molar-refractivity contribution is 7.20. The summed E-state index contributed by atoms with van der Waals surface area (Å²) in [6, 6.07) is 3.99. The van der Waals surface area contributed by atoms with Crippen molar-refractivity contribution >= 4 is 39.0 Å². The predicted molar refractivity (Wildman–Crippen MR) is 121 cm³/mol. The van der Waals surface area contributed by atoms with Crippen LogP contribution in [0.2, 0.25) is 0 Å². The van der Waals surface area contributed by atoms with E-state index in [1.807, 2.05) is 0 Å². The molecule has 3 heterocycles. The highest BCUT2D eigenvalue weighted by Gasteiger charge is 2.30. The molecule has 0 spiro atoms. The highest BCUT2D eigenvalue weighted by atomic mass is 32.1. The number of nitrogens with one attached hydrogen (secondary N) is 1. The lowest BCUT2D eigenvalue weighted by Gasteiger charge is -2.33. The number of primary amides is 1. The van der Waals surface area contributed by atoms with Crippen LogP contribution in [0.1, 0.15) is 34.5 Å². The standard InChI is InChI=1S/C22H23F4N5O2S/c1-12-17-20(28-11-29-21(17)34-18(12)19(27)32)30-15-5-4-13(23)9-16(15)33-14-3-2-7-31(10-14)8-6-22(24,25)26/h4-5,9,11,14H,2-3,6-8,10H2,1H3,(H2,27,32)(H,28,29,30)/t14-/m1/s1. The van der Waals surface area contributed by atoms with E-state index in [-0.39, 0.29) is 18.4 Å². The summed E-state index contributed by atoms with van der Waals surface area (Å²) in [5, 5.41) is 3.75. The van der Waals surface area contributed by atoms with Gasteiger partial charge in [0.2, 0.25) is 0 Å². The van der Waals surface area contributed by atoms with Gasteiger partial charge in [-0.25, -0.2) is 14.4 Å². The monoisotopic (exact) mass is 497 g/mol. The number of thiophene rings is 1. The summed E-state index contributed by atoms with van der Waals surface area (Å²) in [5.74, 6) is -0.457. The predicted octanol–water partition coefficient (Wildman–Crippen LogP) is 4.78. The number of alkyl halides is 3. The van der Waals surface area contributed by atoms with Gasteiger partial charge in [-0.15, -0.1) is 11.3 Å². The van der Waals surface area contributed by atoms with Crippen LogP contribution in [0.4, 0.5) is 29.1 Å². The van der Waals surface area contributed by atoms with Crippen molar-refractivity contribution in [1.29, 1.82) is 0 Å². The number of anilines is 2. The SMILES string of the molecule is Cc1c(C(N)=O)sc2ncnc(Nc3ccc(F)cc3O[C@@H]3CCCN(CCC(F)(F)F)C3)c12. The highest BCUT2D eigenvalue weighted by Crippen LogP contribution is 2.37. The Bertz CT molecular complexity index is 1200. The fourth-order valence-corrected chi connectivity index (χ4v) is 5.00. The van der Waals surface area contributed by atoms with E-state index in [9.17, 15) is 22.4 Å². The molecule has 1 amide bonds. The van der Waals surface area contributed by atoms with Gasteiger partial charge in [0.1, 0.15) is 34.6 Å². The Balaban J connectivity index is 1.56. The lowest BCUT2D eigenvalue weighted by Crippen LogP contribution is -2.42. The Labute approximate surface area is 196 Å². The smallest absolute Gasteiger partial charge is 0.390 e. The minimum Gasteiger partial charge on any atom is -0.487 e. The van der Waals surface area contributed by atoms with Gasteiger partial charge in [-0.3, -0.25) is 9.69 Å². The second kappa shape index (κ2) is 9.71. The Hall–Kier alpha value is -2.99. The third-order valence-electron chi connectivity index (χ3n) is 5.61. The summed E-state index contributed by atoms with van der Waals surface area (Å²) in [7, 11) is 0. The van der Waals surface area contributed by atoms with Crippen molar-refractivity contribution in [2.75, 3.05) is 25.0 Å². The minimum atomic E-state index is -4.22. The first-order valence-electron chi connectivity index (χ1n) is 10.7. The van der Waals surface area contributed by atoms with Crippen LogP contribution in [-0.2, 0) is 0 Å². The van der Waals surface area contributed by atoms with Crippen LogP contribution in [-0.4, -0.2) is 52.7 Å². The molecule has 1 aromatic carbocycles. The number of aryl methyl sites for hydroxylation is 1. The zero-order chi connectivity index (χ0) is 24.5. The molecule has 0 unspecified atom stereocenters. The van der Waals surface area contributed by atoms with Gasteiger partial charge in [0.15, 0.2) is 0 Å². The van der Waals surface area contributed by atoms with Gasteiger partial charge in [0, 0.05) is 19.2 Å². The summed E-state index contributed by atoms with van der Waals surface area (Å²) >= 11 is 1.16. The average molecular weight is 498 g/mol. The molecule has 1 saturated heterocycles. The first-order valence-corrected chi connectivity index (χ1v) is 11.5. The molecule has 1 aliphatic rings. The number of fused-ring (bicyclic) bond motifs is 1. The number of carbonyl (C=O) groups is 1. The maximum atomic E-state index is 14.1. The van der Waals surface area contributed by atoms with E-state index < -0.39 is 24.3 Å². The summed E-state index contributed by atoms with van der Waals surface area (Å²) in [5.41, 5.74) is 6.52. The minimum absolute atomic E-state index is 0.101. The topological polar surface area (TPSA) is 93.4 Å². The molecule has 3 aromatic rings. The van der Waals surface area contributed by atoms with E-state index in [4.69, 9.17) is 10.5 Å². The van der Waals surface area contributed by atoms with Crippen LogP contribution >= 0.6 is 11.3 Å². The first-order chi connectivity index (χ1) is 16.1. The molecule has 182 valence electrons. The number of hydrogen-bond acceptors (Lipinski definition) is 7. The molecule has 1 fully saturated rings. The van der Waals surface area contributed by atoms with Crippen LogP contribution in [0.3, 0.4) is 0 Å². The summed E-state index contributed by atoms with van der Waals surface area (Å²) in [6.45, 7) is 2.52. The van der Waals surface area contributed by atoms with E-state index in [1.165, 1.54) is 24.5 Å². The first kappa shape index (κ1) is 24.1. The van der Waals surface area contributed by atoms with Gasteiger partial charge < -0.3 is 15.8 Å². The molecule has 12 heteroatoms. The Morgan fingerprint density at radius 2 is 2.15 bits per heavy atom. The number of halogens is 4. The van der Waals surface area contributed by atoms with Crippen molar-refractivity contribution in [3.05, 3.63) is 40.8 Å². The number of carbonyl (C=O) groups excluding carboxylic acids is 1. The number of amides is 1. The van der Waals surface area contributed by atoms with Crippen LogP contribution in [0, 0.1) is 12.7 Å². The fraction of sp³-hybridized carbons (Fsp3) is 0.409. The molecular weight excluding hydrogens is 474 g/mol. The number of nitrogens with zero attached hydrogens (tertiary/aromatic N) is 3. The Morgan fingerprint density at radius 1 is 1.35 bits per heavy atom. The van der Waals surface area contributed by atoms with Crippen molar-refractivity contribution in [1.82, 2.24) is 14.9 Å². The average Bonchev–Trinajstić information content (AvgIpc) is 3.12. The van der Waals surface area contributed by atoms with Crippen molar-refractivity contribution < 1.29 is 27.1 Å². The molecule has 0 saturated carbocycles. The van der Waals surface area contributed by atoms with Crippen molar-refractivity contribution in [2.45, 2.75) is 38.5 Å². The number of nitrogens with two attached hydrogens (primary N) is 1. The third-order valence-corrected chi connectivity index (χ3v) is 6.83. The second-order valence-corrected chi connectivity index (χ2v) is 9.14. The van der Waals surface area contributed by atoms with Gasteiger partial charge in [-0.1, -0.05) is 0 Å². The molecule has 34 heavy (non-hydrogen) atoms. The molecule has 7 nitrogen and oxygen atoms in total. The number of rotatable bonds is 7. The molecule has 3 N–H and O–H groups in total. The molecule has 0 aliphatic carbocycles. The molecule has 0 radical (unpaired) electrons. The Kier molecular flexibility index (Phi) is 6.89. The zero-order valence-electron chi connectivity index (χ0n) is 18.3. The van der Waals surface area contributed by atoms with Crippen LogP contribution in [0.15, 0.2) is 24.5 Å². The van der Waals surface area contributed by atoms with Crippen LogP contribution in [0.25, 0.3) is 10.2 Å². The molecular formula is C22H23F4N5O2S. The molecule has 0 bridgehead atoms. The quantitative estimate of drug-likeness (QED) is 0.457. The number of hydrogen-bond donors (Lipinski definition) is 2. The van der Waals surface area contributed by atoms with E-state index in [2.05, 4.69) is 15.3 Å². The van der Waals surface area contributed by atoms with Gasteiger partial charge in [0.25, 0.3) is 5.91 Å². The van der Waals surface area contributed by atoms with Crippen molar-refractivity contribution in [2.24, 2.45) is 5.73 Å². The van der Waals surface area contributed by atoms with Crippen molar-refractivity contribution in [3.63, 3.8) is 0 Å². The van der Waals surface area contributed by atoms with E-state index in [0.29, 0.717) is 58.1 Å². The number of benzene rings is 1. The largest absolute Gasteiger partial charge is 0.487 e. The second-order valence-electron chi connectivity index (χ2n) is 8.14. The van der Waals surface area contributed by atoms with E-state index >= 15 is 0 Å². The maximum Gasteiger partial charge on any atom is 0.390 e. The third kappa shape index (κ3) is 5.55. The van der Waals surface area contributed by atoms with Gasteiger partial charge in [0.05, 0.1) is 22.4 Å². The molecule has 1 aliphatic heterocycles. The number of piperidine rings is 1. The Morgan fingerprint density at radius 3 is 2.88 bits per heavy atom. The zero-order valence-corrected chi connectivity index (χ0v) is 19.1. The molecule has 2 aromatic heterocycles. The number of aromatic nitrogens is 2. The van der Waals surface area contributed by atoms with E-state index in [1.54, 1.807) is 11.8 Å². The van der Waals surface area contributed by atoms with Gasteiger partial charge >= 0.3 is 6.18 Å². The number of ether oxygens (including phenoxy) is 1. The summed E-state index contributed by atoms with van der Waals surface area (Å²) in [4.78, 5) is 22.9. The number of likely N-dealkylation sites (tertiary alicyclic amines) is 1. The molecule has 4 rings (SSSR count). The van der Waals surface area contributed by atoms with Gasteiger partial charge in [-0.2, -0.15) is 13.2 Å².